The van der Waals surface area contributed by atoms with Crippen molar-refractivity contribution in [2.24, 2.45) is 0 Å². The molecule has 13 heavy (non-hydrogen) atoms. The van der Waals surface area contributed by atoms with Crippen LogP contribution in [-0.4, -0.2) is 29.5 Å². The van der Waals surface area contributed by atoms with Crippen LogP contribution >= 0.6 is 0 Å². The number of methoxy groups -OCH3 is 1. The van der Waals surface area contributed by atoms with Gasteiger partial charge in [0.2, 0.25) is 0 Å². The van der Waals surface area contributed by atoms with Crippen LogP contribution in [0.3, 0.4) is 0 Å². The minimum absolute atomic E-state index is 0.588. The molecule has 0 spiro atoms. The highest BCUT2D eigenvalue weighted by atomic mass is 16.5. The van der Waals surface area contributed by atoms with E-state index < -0.39 is 0 Å². The van der Waals surface area contributed by atoms with Crippen molar-refractivity contribution in [3.8, 4) is 5.75 Å². The number of hydrogen-bond acceptors (Lipinski definition) is 3. The molecule has 0 saturated carbocycles. The smallest absolute Gasteiger partial charge is 0.156 e. The van der Waals surface area contributed by atoms with E-state index in [1.807, 2.05) is 10.9 Å². The van der Waals surface area contributed by atoms with Crippen LogP contribution in [0.2, 0.25) is 0 Å². The lowest BCUT2D eigenvalue weighted by atomic mass is 10.2. The fraction of sp³-hybridized carbons (Fsp3) is 0.667. The Bertz CT molecular complexity index is 266. The minimum atomic E-state index is 0.588. The van der Waals surface area contributed by atoms with Crippen LogP contribution in [-0.2, 0) is 6.54 Å². The van der Waals surface area contributed by atoms with E-state index in [1.54, 1.807) is 13.3 Å². The van der Waals surface area contributed by atoms with Crippen molar-refractivity contribution in [1.82, 2.24) is 15.1 Å². The quantitative estimate of drug-likeness (QED) is 0.744. The first kappa shape index (κ1) is 8.56. The molecule has 72 valence electrons. The number of hydrogen-bond donors (Lipinski definition) is 1. The summed E-state index contributed by atoms with van der Waals surface area (Å²) < 4.78 is 6.99. The van der Waals surface area contributed by atoms with Crippen LogP contribution < -0.4 is 10.1 Å². The Morgan fingerprint density at radius 2 is 2.69 bits per heavy atom. The molecule has 4 heteroatoms. The molecule has 1 atom stereocenters. The summed E-state index contributed by atoms with van der Waals surface area (Å²) in [6.45, 7) is 2.09. The summed E-state index contributed by atoms with van der Waals surface area (Å²) in [5, 5.41) is 7.63. The van der Waals surface area contributed by atoms with Crippen molar-refractivity contribution in [2.45, 2.75) is 25.4 Å². The Balaban J connectivity index is 1.92. The molecule has 1 unspecified atom stereocenters. The predicted molar refractivity (Wildman–Crippen MR) is 49.8 cm³/mol. The van der Waals surface area contributed by atoms with Gasteiger partial charge in [0.25, 0.3) is 0 Å². The Kier molecular flexibility index (Phi) is 2.49. The molecule has 1 aliphatic rings. The molecule has 1 aromatic rings. The third-order valence-electron chi connectivity index (χ3n) is 2.42. The number of nitrogens with zero attached hydrogens (tertiary/aromatic N) is 2. The van der Waals surface area contributed by atoms with Crippen LogP contribution in [0.1, 0.15) is 12.8 Å². The minimum Gasteiger partial charge on any atom is -0.493 e. The van der Waals surface area contributed by atoms with Crippen LogP contribution in [0.5, 0.6) is 5.75 Å². The van der Waals surface area contributed by atoms with Gasteiger partial charge in [-0.1, -0.05) is 0 Å². The zero-order valence-corrected chi connectivity index (χ0v) is 7.86. The van der Waals surface area contributed by atoms with Gasteiger partial charge >= 0.3 is 0 Å². The topological polar surface area (TPSA) is 39.1 Å². The summed E-state index contributed by atoms with van der Waals surface area (Å²) in [5.41, 5.74) is 0. The lowest BCUT2D eigenvalue weighted by molar-refractivity contribution is 0.412. The maximum atomic E-state index is 5.06. The predicted octanol–water partition coefficient (Wildman–Crippen LogP) is 0.644. The summed E-state index contributed by atoms with van der Waals surface area (Å²) in [7, 11) is 1.66. The Morgan fingerprint density at radius 1 is 1.77 bits per heavy atom. The molecule has 0 amide bonds. The second-order valence-corrected chi connectivity index (χ2v) is 3.40. The van der Waals surface area contributed by atoms with E-state index in [0.717, 1.165) is 18.8 Å². The fourth-order valence-electron chi connectivity index (χ4n) is 1.69. The molecule has 1 saturated heterocycles. The first-order chi connectivity index (χ1) is 6.38. The molecule has 0 aliphatic carbocycles. The SMILES string of the molecule is COc1cnn(CC2CCCN2)c1. The molecule has 0 radical (unpaired) electrons. The van der Waals surface area contributed by atoms with Crippen molar-refractivity contribution in [3.05, 3.63) is 12.4 Å². The zero-order valence-electron chi connectivity index (χ0n) is 7.86. The van der Waals surface area contributed by atoms with Crippen LogP contribution in [0.4, 0.5) is 0 Å². The van der Waals surface area contributed by atoms with Gasteiger partial charge in [0, 0.05) is 6.04 Å². The fourth-order valence-corrected chi connectivity index (χ4v) is 1.69. The molecule has 2 rings (SSSR count). The average molecular weight is 181 g/mol. The molecular formula is C9H15N3O. The van der Waals surface area contributed by atoms with E-state index in [2.05, 4.69) is 10.4 Å². The number of aromatic nitrogens is 2. The number of nitrogens with one attached hydrogen (secondary N) is 1. The molecular weight excluding hydrogens is 166 g/mol. The van der Waals surface area contributed by atoms with Gasteiger partial charge in [-0.05, 0) is 19.4 Å². The zero-order chi connectivity index (χ0) is 9.10. The largest absolute Gasteiger partial charge is 0.493 e. The Labute approximate surface area is 77.9 Å². The third-order valence-corrected chi connectivity index (χ3v) is 2.42. The molecule has 2 heterocycles. The van der Waals surface area contributed by atoms with Crippen molar-refractivity contribution < 1.29 is 4.74 Å². The molecule has 1 fully saturated rings. The van der Waals surface area contributed by atoms with E-state index in [1.165, 1.54) is 12.8 Å². The van der Waals surface area contributed by atoms with E-state index >= 15 is 0 Å². The van der Waals surface area contributed by atoms with Crippen LogP contribution in [0, 0.1) is 0 Å². The maximum absolute atomic E-state index is 5.06. The monoisotopic (exact) mass is 181 g/mol. The molecule has 1 aliphatic heterocycles. The van der Waals surface area contributed by atoms with E-state index in [0.29, 0.717) is 6.04 Å². The second-order valence-electron chi connectivity index (χ2n) is 3.40. The summed E-state index contributed by atoms with van der Waals surface area (Å²) >= 11 is 0. The lowest BCUT2D eigenvalue weighted by Gasteiger charge is -2.08. The normalized spacial score (nSPS) is 22.1. The van der Waals surface area contributed by atoms with E-state index in [4.69, 9.17) is 4.74 Å². The molecule has 1 aromatic heterocycles. The highest BCUT2D eigenvalue weighted by Crippen LogP contribution is 2.10. The van der Waals surface area contributed by atoms with Gasteiger partial charge in [-0.2, -0.15) is 5.10 Å². The van der Waals surface area contributed by atoms with Gasteiger partial charge in [0.05, 0.1) is 26.0 Å². The van der Waals surface area contributed by atoms with Gasteiger partial charge < -0.3 is 10.1 Å². The first-order valence-corrected chi connectivity index (χ1v) is 4.68. The highest BCUT2D eigenvalue weighted by Gasteiger charge is 2.14. The summed E-state index contributed by atoms with van der Waals surface area (Å²) in [4.78, 5) is 0. The van der Waals surface area contributed by atoms with Gasteiger partial charge in [0.1, 0.15) is 0 Å². The molecule has 1 N–H and O–H groups in total. The summed E-state index contributed by atoms with van der Waals surface area (Å²) in [5.74, 6) is 0.831. The third kappa shape index (κ3) is 2.01. The summed E-state index contributed by atoms with van der Waals surface area (Å²) in [6, 6.07) is 0.588. The van der Waals surface area contributed by atoms with Gasteiger partial charge in [-0.15, -0.1) is 0 Å². The van der Waals surface area contributed by atoms with Gasteiger partial charge in [-0.3, -0.25) is 4.68 Å². The van der Waals surface area contributed by atoms with E-state index in [-0.39, 0.29) is 0 Å². The van der Waals surface area contributed by atoms with Crippen LogP contribution in [0.25, 0.3) is 0 Å². The van der Waals surface area contributed by atoms with Crippen LogP contribution in [0.15, 0.2) is 12.4 Å². The van der Waals surface area contributed by atoms with Crippen molar-refractivity contribution in [1.29, 1.82) is 0 Å². The molecule has 0 bridgehead atoms. The lowest BCUT2D eigenvalue weighted by Crippen LogP contribution is -2.26. The standard InChI is InChI=1S/C9H15N3O/c1-13-9-5-11-12(7-9)6-8-3-2-4-10-8/h5,7-8,10H,2-4,6H2,1H3. The Hall–Kier alpha value is -1.03. The average Bonchev–Trinajstić information content (AvgIpc) is 2.76. The van der Waals surface area contributed by atoms with Gasteiger partial charge in [-0.25, -0.2) is 0 Å². The maximum Gasteiger partial charge on any atom is 0.156 e. The van der Waals surface area contributed by atoms with Crippen molar-refractivity contribution >= 4 is 0 Å². The molecule has 0 aromatic carbocycles. The Morgan fingerprint density at radius 3 is 3.31 bits per heavy atom. The summed E-state index contributed by atoms with van der Waals surface area (Å²) in [6.07, 6.45) is 6.21. The molecule has 4 nitrogen and oxygen atoms in total. The van der Waals surface area contributed by atoms with Gasteiger partial charge in [0.15, 0.2) is 5.75 Å². The van der Waals surface area contributed by atoms with E-state index in [9.17, 15) is 0 Å². The van der Waals surface area contributed by atoms with Crippen molar-refractivity contribution in [2.75, 3.05) is 13.7 Å². The first-order valence-electron chi connectivity index (χ1n) is 4.68. The highest BCUT2D eigenvalue weighted by molar-refractivity contribution is 5.11. The second kappa shape index (κ2) is 3.79. The number of rotatable bonds is 3. The van der Waals surface area contributed by atoms with Crippen molar-refractivity contribution in [3.63, 3.8) is 0 Å². The number of ether oxygens (including phenoxy) is 1.